The van der Waals surface area contributed by atoms with Gasteiger partial charge >= 0.3 is 12.6 Å². The molecule has 0 bridgehead atoms. The van der Waals surface area contributed by atoms with Crippen LogP contribution in [-0.4, -0.2) is 31.6 Å². The fourth-order valence-electron chi connectivity index (χ4n) is 2.70. The predicted molar refractivity (Wildman–Crippen MR) is 106 cm³/mol. The molecule has 2 aromatic rings. The lowest BCUT2D eigenvalue weighted by Crippen LogP contribution is -2.44. The zero-order valence-corrected chi connectivity index (χ0v) is 16.2. The summed E-state index contributed by atoms with van der Waals surface area (Å²) in [4.78, 5) is 23.8. The van der Waals surface area contributed by atoms with E-state index < -0.39 is 18.5 Å². The van der Waals surface area contributed by atoms with Crippen molar-refractivity contribution in [3.63, 3.8) is 0 Å². The Balaban J connectivity index is 2.02. The minimum absolute atomic E-state index is 0.0528. The van der Waals surface area contributed by atoms with Crippen LogP contribution >= 0.6 is 0 Å². The van der Waals surface area contributed by atoms with Crippen LogP contribution in [0.4, 0.5) is 13.6 Å². The van der Waals surface area contributed by atoms with Crippen molar-refractivity contribution in [2.75, 3.05) is 13.1 Å². The number of urea groups is 1. The third kappa shape index (κ3) is 7.87. The highest BCUT2D eigenvalue weighted by Crippen LogP contribution is 2.24. The first-order valence-corrected chi connectivity index (χ1v) is 9.40. The van der Waals surface area contributed by atoms with Gasteiger partial charge in [-0.3, -0.25) is 15.4 Å². The molecular formula is C21H25F2N3O3. The van der Waals surface area contributed by atoms with Crippen LogP contribution < -0.4 is 20.7 Å². The summed E-state index contributed by atoms with van der Waals surface area (Å²) in [5.74, 6) is -0.422. The lowest BCUT2D eigenvalue weighted by Gasteiger charge is -2.20. The molecule has 0 spiro atoms. The highest BCUT2D eigenvalue weighted by Gasteiger charge is 2.16. The smallest absolute Gasteiger partial charge is 0.387 e. The van der Waals surface area contributed by atoms with Gasteiger partial charge in [0.05, 0.1) is 12.6 Å². The van der Waals surface area contributed by atoms with Crippen molar-refractivity contribution in [2.45, 2.75) is 32.4 Å². The fourth-order valence-corrected chi connectivity index (χ4v) is 2.70. The summed E-state index contributed by atoms with van der Waals surface area (Å²) in [6.45, 7) is -0.486. The average Bonchev–Trinajstić information content (AvgIpc) is 2.70. The van der Waals surface area contributed by atoms with Crippen LogP contribution in [-0.2, 0) is 4.79 Å². The van der Waals surface area contributed by atoms with E-state index in [9.17, 15) is 18.4 Å². The van der Waals surface area contributed by atoms with E-state index >= 15 is 0 Å². The molecule has 0 unspecified atom stereocenters. The molecule has 0 aromatic heterocycles. The average molecular weight is 405 g/mol. The van der Waals surface area contributed by atoms with Crippen molar-refractivity contribution >= 4 is 11.9 Å². The molecule has 0 heterocycles. The number of carbonyl (C=O) groups excluding carboxylic acids is 2. The Morgan fingerprint density at radius 2 is 1.66 bits per heavy atom. The Bertz CT molecular complexity index is 771. The summed E-state index contributed by atoms with van der Waals surface area (Å²) in [6.07, 6.45) is 1.77. The van der Waals surface area contributed by atoms with E-state index in [1.807, 2.05) is 37.3 Å². The van der Waals surface area contributed by atoms with E-state index in [-0.39, 0.29) is 18.3 Å². The zero-order chi connectivity index (χ0) is 21.1. The molecule has 0 saturated carbocycles. The van der Waals surface area contributed by atoms with Crippen LogP contribution in [0.2, 0.25) is 0 Å². The first kappa shape index (κ1) is 22.3. The van der Waals surface area contributed by atoms with Crippen molar-refractivity contribution in [2.24, 2.45) is 0 Å². The minimum Gasteiger partial charge on any atom is -0.435 e. The molecule has 6 nitrogen and oxygen atoms in total. The van der Waals surface area contributed by atoms with Gasteiger partial charge in [-0.2, -0.15) is 8.78 Å². The number of rotatable bonds is 10. The monoisotopic (exact) mass is 405 g/mol. The molecule has 0 aliphatic rings. The number of amides is 3. The van der Waals surface area contributed by atoms with Gasteiger partial charge in [0, 0.05) is 6.54 Å². The van der Waals surface area contributed by atoms with Crippen LogP contribution in [0.15, 0.2) is 54.6 Å². The summed E-state index contributed by atoms with van der Waals surface area (Å²) >= 11 is 0. The molecular weight excluding hydrogens is 380 g/mol. The van der Waals surface area contributed by atoms with E-state index in [4.69, 9.17) is 0 Å². The van der Waals surface area contributed by atoms with Gasteiger partial charge in [-0.15, -0.1) is 0 Å². The maximum atomic E-state index is 12.3. The van der Waals surface area contributed by atoms with E-state index in [0.29, 0.717) is 6.54 Å². The van der Waals surface area contributed by atoms with Gasteiger partial charge in [0.1, 0.15) is 5.75 Å². The van der Waals surface area contributed by atoms with Crippen molar-refractivity contribution in [1.29, 1.82) is 0 Å². The van der Waals surface area contributed by atoms with Gasteiger partial charge in [-0.25, -0.2) is 4.79 Å². The number of hydrogen-bond donors (Lipinski definition) is 3. The summed E-state index contributed by atoms with van der Waals surface area (Å²) < 4.78 is 29.1. The number of nitrogens with one attached hydrogen (secondary N) is 3. The maximum absolute atomic E-state index is 12.3. The standard InChI is InChI=1S/C21H25F2N3O3/c1-2-3-13-24-21(28)26-18(27)14-25-19(15-7-5-4-6-8-15)16-9-11-17(12-10-16)29-20(22)23/h4-12,19-20,25H,2-3,13-14H2,1H3,(H2,24,26,27,28)/t19-/m0/s1. The molecule has 3 N–H and O–H groups in total. The van der Waals surface area contributed by atoms with Crippen LogP contribution in [0.3, 0.4) is 0 Å². The second-order valence-electron chi connectivity index (χ2n) is 6.33. The number of ether oxygens (including phenoxy) is 1. The topological polar surface area (TPSA) is 79.5 Å². The normalized spacial score (nSPS) is 11.7. The molecule has 0 aliphatic carbocycles. The van der Waals surface area contributed by atoms with Gasteiger partial charge in [0.2, 0.25) is 5.91 Å². The number of halogens is 2. The summed E-state index contributed by atoms with van der Waals surface area (Å²) in [5.41, 5.74) is 1.65. The molecule has 0 radical (unpaired) electrons. The number of carbonyl (C=O) groups is 2. The second kappa shape index (κ2) is 11.8. The third-order valence-corrected chi connectivity index (χ3v) is 4.11. The first-order chi connectivity index (χ1) is 14.0. The highest BCUT2D eigenvalue weighted by molar-refractivity contribution is 5.95. The molecule has 3 amide bonds. The second-order valence-corrected chi connectivity index (χ2v) is 6.33. The molecule has 0 fully saturated rings. The van der Waals surface area contributed by atoms with Crippen LogP contribution in [0, 0.1) is 0 Å². The molecule has 2 aromatic carbocycles. The molecule has 2 rings (SSSR count). The van der Waals surface area contributed by atoms with E-state index in [1.165, 1.54) is 12.1 Å². The van der Waals surface area contributed by atoms with Gasteiger partial charge in [-0.05, 0) is 29.7 Å². The third-order valence-electron chi connectivity index (χ3n) is 4.11. The van der Waals surface area contributed by atoms with Gasteiger partial charge in [-0.1, -0.05) is 55.8 Å². The molecule has 156 valence electrons. The maximum Gasteiger partial charge on any atom is 0.387 e. The van der Waals surface area contributed by atoms with Crippen LogP contribution in [0.25, 0.3) is 0 Å². The van der Waals surface area contributed by atoms with E-state index in [2.05, 4.69) is 20.7 Å². The Kier molecular flexibility index (Phi) is 9.04. The Morgan fingerprint density at radius 1 is 1.00 bits per heavy atom. The molecule has 0 aliphatic heterocycles. The number of alkyl halides is 2. The van der Waals surface area contributed by atoms with Gasteiger partial charge in [0.15, 0.2) is 0 Å². The van der Waals surface area contributed by atoms with Crippen molar-refractivity contribution in [3.05, 3.63) is 65.7 Å². The van der Waals surface area contributed by atoms with Gasteiger partial charge < -0.3 is 10.1 Å². The fraction of sp³-hybridized carbons (Fsp3) is 0.333. The Labute approximate surface area is 168 Å². The highest BCUT2D eigenvalue weighted by atomic mass is 19.3. The Hall–Kier alpha value is -3.00. The summed E-state index contributed by atoms with van der Waals surface area (Å²) in [7, 11) is 0. The Morgan fingerprint density at radius 3 is 2.28 bits per heavy atom. The van der Waals surface area contributed by atoms with Crippen molar-refractivity contribution in [3.8, 4) is 5.75 Å². The molecule has 0 saturated heterocycles. The SMILES string of the molecule is CCCCNC(=O)NC(=O)CN[C@@H](c1ccccc1)c1ccc(OC(F)F)cc1. The molecule has 8 heteroatoms. The summed E-state index contributed by atoms with van der Waals surface area (Å²) in [6, 6.07) is 14.6. The lowest BCUT2D eigenvalue weighted by molar-refractivity contribution is -0.119. The first-order valence-electron chi connectivity index (χ1n) is 9.40. The largest absolute Gasteiger partial charge is 0.435 e. The molecule has 1 atom stereocenters. The number of benzene rings is 2. The van der Waals surface area contributed by atoms with E-state index in [1.54, 1.807) is 12.1 Å². The van der Waals surface area contributed by atoms with Gasteiger partial charge in [0.25, 0.3) is 0 Å². The molecule has 29 heavy (non-hydrogen) atoms. The minimum atomic E-state index is -2.89. The lowest BCUT2D eigenvalue weighted by atomic mass is 9.98. The van der Waals surface area contributed by atoms with Crippen LogP contribution in [0.5, 0.6) is 5.75 Å². The van der Waals surface area contributed by atoms with Crippen molar-refractivity contribution in [1.82, 2.24) is 16.0 Å². The number of imide groups is 1. The summed E-state index contributed by atoms with van der Waals surface area (Å²) in [5, 5.41) is 7.99. The van der Waals surface area contributed by atoms with Crippen molar-refractivity contribution < 1.29 is 23.1 Å². The number of unbranched alkanes of at least 4 members (excludes halogenated alkanes) is 1. The zero-order valence-electron chi connectivity index (χ0n) is 16.2. The quantitative estimate of drug-likeness (QED) is 0.528. The van der Waals surface area contributed by atoms with Crippen LogP contribution in [0.1, 0.15) is 36.9 Å². The number of hydrogen-bond acceptors (Lipinski definition) is 4. The van der Waals surface area contributed by atoms with E-state index in [0.717, 1.165) is 24.0 Å². The predicted octanol–water partition coefficient (Wildman–Crippen LogP) is 3.59.